The molecule has 2 aromatic rings. The lowest BCUT2D eigenvalue weighted by atomic mass is 10.2. The molecule has 132 valence electrons. The zero-order valence-electron chi connectivity index (χ0n) is 13.9. The van der Waals surface area contributed by atoms with Gasteiger partial charge >= 0.3 is 5.97 Å². The first-order chi connectivity index (χ1) is 12.0. The van der Waals surface area contributed by atoms with Crippen LogP contribution in [0.2, 0.25) is 0 Å². The molecule has 1 aromatic carbocycles. The molecule has 7 heteroatoms. The number of hydrogen-bond acceptors (Lipinski definition) is 4. The molecule has 0 spiro atoms. The molecular formula is C18H20N2O5. The minimum Gasteiger partial charge on any atom is -0.478 e. The van der Waals surface area contributed by atoms with Gasteiger partial charge in [0.05, 0.1) is 0 Å². The number of nitrogens with one attached hydrogen (secondary N) is 2. The zero-order chi connectivity index (χ0) is 18.2. The van der Waals surface area contributed by atoms with Crippen molar-refractivity contribution in [2.24, 2.45) is 0 Å². The van der Waals surface area contributed by atoms with Gasteiger partial charge in [0.15, 0.2) is 5.76 Å². The summed E-state index contributed by atoms with van der Waals surface area (Å²) in [5, 5.41) is 14.4. The lowest BCUT2D eigenvalue weighted by Crippen LogP contribution is -2.30. The highest BCUT2D eigenvalue weighted by atomic mass is 16.4. The summed E-state index contributed by atoms with van der Waals surface area (Å²) in [5.74, 6) is -1.70. The topological polar surface area (TPSA) is 109 Å². The molecule has 0 aliphatic carbocycles. The van der Waals surface area contributed by atoms with E-state index < -0.39 is 11.9 Å². The Hall–Kier alpha value is -3.09. The monoisotopic (exact) mass is 344 g/mol. The molecule has 0 aliphatic heterocycles. The van der Waals surface area contributed by atoms with Crippen molar-refractivity contribution in [1.82, 2.24) is 10.6 Å². The minimum absolute atomic E-state index is 0.0201. The summed E-state index contributed by atoms with van der Waals surface area (Å²) in [7, 11) is 0. The predicted octanol–water partition coefficient (Wildman–Crippen LogP) is 1.98. The van der Waals surface area contributed by atoms with E-state index in [0.717, 1.165) is 5.56 Å². The Morgan fingerprint density at radius 1 is 1.12 bits per heavy atom. The molecule has 2 rings (SSSR count). The predicted molar refractivity (Wildman–Crippen MR) is 90.3 cm³/mol. The third kappa shape index (κ3) is 5.20. The van der Waals surface area contributed by atoms with Crippen LogP contribution in [-0.4, -0.2) is 29.4 Å². The molecule has 0 aliphatic rings. The summed E-state index contributed by atoms with van der Waals surface area (Å²) in [6, 6.07) is 10.7. The second kappa shape index (κ2) is 8.68. The van der Waals surface area contributed by atoms with Crippen molar-refractivity contribution in [1.29, 1.82) is 0 Å². The number of carboxylic acid groups (broad SMARTS) is 1. The quantitative estimate of drug-likeness (QED) is 0.678. The summed E-state index contributed by atoms with van der Waals surface area (Å²) in [5.41, 5.74) is 0.969. The zero-order valence-corrected chi connectivity index (χ0v) is 13.9. The SMILES string of the molecule is CCc1oc(C(=O)NCCC(=O)NCc2ccccc2)cc1C(=O)O. The molecule has 0 radical (unpaired) electrons. The maximum absolute atomic E-state index is 12.0. The van der Waals surface area contributed by atoms with Gasteiger partial charge in [0.25, 0.3) is 5.91 Å². The minimum atomic E-state index is -1.14. The molecule has 1 aromatic heterocycles. The van der Waals surface area contributed by atoms with E-state index in [0.29, 0.717) is 13.0 Å². The molecule has 0 saturated carbocycles. The second-order valence-corrected chi connectivity index (χ2v) is 5.37. The van der Waals surface area contributed by atoms with Crippen LogP contribution >= 0.6 is 0 Å². The van der Waals surface area contributed by atoms with Crippen LogP contribution < -0.4 is 10.6 Å². The third-order valence-electron chi connectivity index (χ3n) is 3.55. The second-order valence-electron chi connectivity index (χ2n) is 5.37. The number of carbonyl (C=O) groups excluding carboxylic acids is 2. The Kier molecular flexibility index (Phi) is 6.33. The third-order valence-corrected chi connectivity index (χ3v) is 3.55. The number of benzene rings is 1. The molecule has 3 N–H and O–H groups in total. The molecule has 25 heavy (non-hydrogen) atoms. The number of aryl methyl sites for hydroxylation is 1. The molecular weight excluding hydrogens is 324 g/mol. The molecule has 1 heterocycles. The van der Waals surface area contributed by atoms with E-state index in [1.165, 1.54) is 6.07 Å². The number of aromatic carboxylic acids is 1. The molecule has 0 fully saturated rings. The fourth-order valence-corrected chi connectivity index (χ4v) is 2.25. The fraction of sp³-hybridized carbons (Fsp3) is 0.278. The van der Waals surface area contributed by atoms with Crippen LogP contribution in [0.5, 0.6) is 0 Å². The van der Waals surface area contributed by atoms with Gasteiger partial charge in [-0.3, -0.25) is 9.59 Å². The van der Waals surface area contributed by atoms with Crippen molar-refractivity contribution in [2.75, 3.05) is 6.54 Å². The molecule has 0 unspecified atom stereocenters. The summed E-state index contributed by atoms with van der Waals surface area (Å²) in [4.78, 5) is 34.8. The maximum atomic E-state index is 12.0. The van der Waals surface area contributed by atoms with Crippen LogP contribution in [0.1, 0.15) is 45.6 Å². The summed E-state index contributed by atoms with van der Waals surface area (Å²) in [6.07, 6.45) is 0.489. The Balaban J connectivity index is 1.78. The van der Waals surface area contributed by atoms with Gasteiger partial charge in [0.1, 0.15) is 11.3 Å². The summed E-state index contributed by atoms with van der Waals surface area (Å²) >= 11 is 0. The van der Waals surface area contributed by atoms with Gasteiger partial charge in [-0.05, 0) is 5.56 Å². The van der Waals surface area contributed by atoms with E-state index >= 15 is 0 Å². The van der Waals surface area contributed by atoms with Gasteiger partial charge in [-0.25, -0.2) is 4.79 Å². The van der Waals surface area contributed by atoms with Crippen molar-refractivity contribution in [2.45, 2.75) is 26.3 Å². The standard InChI is InChI=1S/C18H20N2O5/c1-2-14-13(18(23)24)10-15(25-14)17(22)19-9-8-16(21)20-11-12-6-4-3-5-7-12/h3-7,10H,2,8-9,11H2,1H3,(H,19,22)(H,20,21)(H,23,24). The number of carboxylic acids is 1. The van der Waals surface area contributed by atoms with Gasteiger partial charge in [0, 0.05) is 32.0 Å². The average molecular weight is 344 g/mol. The Morgan fingerprint density at radius 2 is 1.84 bits per heavy atom. The van der Waals surface area contributed by atoms with E-state index in [9.17, 15) is 14.4 Å². The van der Waals surface area contributed by atoms with E-state index in [2.05, 4.69) is 10.6 Å². The molecule has 0 atom stereocenters. The molecule has 7 nitrogen and oxygen atoms in total. The van der Waals surface area contributed by atoms with E-state index in [4.69, 9.17) is 9.52 Å². The highest BCUT2D eigenvalue weighted by Gasteiger charge is 2.19. The van der Waals surface area contributed by atoms with Crippen molar-refractivity contribution in [3.63, 3.8) is 0 Å². The molecule has 0 bridgehead atoms. The lowest BCUT2D eigenvalue weighted by Gasteiger charge is -2.06. The smallest absolute Gasteiger partial charge is 0.339 e. The molecule has 0 saturated heterocycles. The normalized spacial score (nSPS) is 10.3. The number of rotatable bonds is 8. The first-order valence-electron chi connectivity index (χ1n) is 7.96. The highest BCUT2D eigenvalue weighted by molar-refractivity contribution is 5.96. The van der Waals surface area contributed by atoms with Gasteiger partial charge in [0.2, 0.25) is 5.91 Å². The number of carbonyl (C=O) groups is 3. The Labute approximate surface area is 145 Å². The van der Waals surface area contributed by atoms with Crippen LogP contribution in [0.3, 0.4) is 0 Å². The summed E-state index contributed by atoms with van der Waals surface area (Å²) in [6.45, 7) is 2.29. The first-order valence-corrected chi connectivity index (χ1v) is 7.96. The van der Waals surface area contributed by atoms with E-state index in [1.807, 2.05) is 30.3 Å². The first kappa shape index (κ1) is 18.3. The lowest BCUT2D eigenvalue weighted by molar-refractivity contribution is -0.121. The van der Waals surface area contributed by atoms with Crippen molar-refractivity contribution in [3.05, 3.63) is 59.0 Å². The van der Waals surface area contributed by atoms with Crippen molar-refractivity contribution >= 4 is 17.8 Å². The number of hydrogen-bond donors (Lipinski definition) is 3. The van der Waals surface area contributed by atoms with Gasteiger partial charge in [-0.15, -0.1) is 0 Å². The van der Waals surface area contributed by atoms with Gasteiger partial charge in [-0.1, -0.05) is 37.3 Å². The Morgan fingerprint density at radius 3 is 2.44 bits per heavy atom. The van der Waals surface area contributed by atoms with E-state index in [-0.39, 0.29) is 36.0 Å². The van der Waals surface area contributed by atoms with Gasteiger partial charge in [-0.2, -0.15) is 0 Å². The maximum Gasteiger partial charge on any atom is 0.339 e. The van der Waals surface area contributed by atoms with Crippen LogP contribution in [0, 0.1) is 0 Å². The Bertz CT molecular complexity index is 752. The highest BCUT2D eigenvalue weighted by Crippen LogP contribution is 2.16. The van der Waals surface area contributed by atoms with Crippen LogP contribution in [0.15, 0.2) is 40.8 Å². The molecule has 2 amide bonds. The van der Waals surface area contributed by atoms with Crippen LogP contribution in [0.4, 0.5) is 0 Å². The van der Waals surface area contributed by atoms with Crippen molar-refractivity contribution in [3.8, 4) is 0 Å². The fourth-order valence-electron chi connectivity index (χ4n) is 2.25. The van der Waals surface area contributed by atoms with Crippen molar-refractivity contribution < 1.29 is 23.9 Å². The van der Waals surface area contributed by atoms with Crippen LogP contribution in [0.25, 0.3) is 0 Å². The number of amides is 2. The average Bonchev–Trinajstić information content (AvgIpc) is 3.05. The summed E-state index contributed by atoms with van der Waals surface area (Å²) < 4.78 is 5.26. The van der Waals surface area contributed by atoms with Gasteiger partial charge < -0.3 is 20.2 Å². The van der Waals surface area contributed by atoms with Crippen LogP contribution in [-0.2, 0) is 17.8 Å². The number of furan rings is 1. The van der Waals surface area contributed by atoms with E-state index in [1.54, 1.807) is 6.92 Å². The largest absolute Gasteiger partial charge is 0.478 e.